The van der Waals surface area contributed by atoms with Gasteiger partial charge in [0.1, 0.15) is 11.9 Å². The van der Waals surface area contributed by atoms with Crippen LogP contribution in [0.3, 0.4) is 0 Å². The molecule has 1 atom stereocenters. The molecule has 0 radical (unpaired) electrons. The van der Waals surface area contributed by atoms with Gasteiger partial charge in [0, 0.05) is 16.8 Å². The van der Waals surface area contributed by atoms with E-state index in [0.29, 0.717) is 18.1 Å². The van der Waals surface area contributed by atoms with Crippen LogP contribution in [0.15, 0.2) is 24.4 Å². The van der Waals surface area contributed by atoms with Crippen LogP contribution in [0.25, 0.3) is 11.0 Å². The smallest absolute Gasteiger partial charge is 0.138 e. The molecule has 1 aromatic carbocycles. The van der Waals surface area contributed by atoms with Crippen LogP contribution >= 0.6 is 11.3 Å². The molecule has 104 valence electrons. The summed E-state index contributed by atoms with van der Waals surface area (Å²) in [6, 6.07) is 5.62. The quantitative estimate of drug-likeness (QED) is 0.726. The molecule has 0 aliphatic heterocycles. The molecule has 5 nitrogen and oxygen atoms in total. The summed E-state index contributed by atoms with van der Waals surface area (Å²) in [5.74, 6) is 0.650. The molecule has 3 rings (SSSR count). The molecule has 2 heterocycles. The number of aryl methyl sites for hydroxylation is 1. The Morgan fingerprint density at radius 3 is 2.90 bits per heavy atom. The number of benzene rings is 1. The highest BCUT2D eigenvalue weighted by atomic mass is 32.1. The molecule has 0 bridgehead atoms. The minimum Gasteiger partial charge on any atom is -0.399 e. The number of anilines is 1. The molecule has 1 unspecified atom stereocenters. The summed E-state index contributed by atoms with van der Waals surface area (Å²) in [6.07, 6.45) is 1.24. The lowest BCUT2D eigenvalue weighted by molar-refractivity contribution is 0.185. The Balaban J connectivity index is 2.13. The zero-order valence-electron chi connectivity index (χ0n) is 11.4. The highest BCUT2D eigenvalue weighted by molar-refractivity contribution is 7.11. The van der Waals surface area contributed by atoms with Crippen LogP contribution in [0.4, 0.5) is 5.69 Å². The number of aliphatic hydroxyl groups excluding tert-OH is 1. The zero-order valence-corrected chi connectivity index (χ0v) is 12.2. The lowest BCUT2D eigenvalue weighted by atomic mass is 10.3. The summed E-state index contributed by atoms with van der Waals surface area (Å²) in [5.41, 5.74) is 8.25. The van der Waals surface area contributed by atoms with Gasteiger partial charge in [0.2, 0.25) is 0 Å². The molecule has 0 spiro atoms. The number of nitrogen functional groups attached to an aromatic ring is 1. The Hall–Kier alpha value is -1.92. The standard InChI is InChI=1S/C14H16N4OS/c1-8(19)14-17-12-5-10(15)3-4-13(12)18(14)7-11-6-16-9(2)20-11/h3-6,8,19H,7,15H2,1-2H3. The lowest BCUT2D eigenvalue weighted by Crippen LogP contribution is -2.07. The van der Waals surface area contributed by atoms with E-state index < -0.39 is 6.10 Å². The van der Waals surface area contributed by atoms with E-state index in [4.69, 9.17) is 5.73 Å². The van der Waals surface area contributed by atoms with Crippen LogP contribution in [0.2, 0.25) is 0 Å². The van der Waals surface area contributed by atoms with E-state index in [9.17, 15) is 5.11 Å². The van der Waals surface area contributed by atoms with Crippen molar-refractivity contribution in [1.82, 2.24) is 14.5 Å². The first-order valence-corrected chi connectivity index (χ1v) is 7.21. The summed E-state index contributed by atoms with van der Waals surface area (Å²) in [4.78, 5) is 9.90. The zero-order chi connectivity index (χ0) is 14.3. The second-order valence-corrected chi connectivity index (χ2v) is 6.15. The molecule has 6 heteroatoms. The van der Waals surface area contributed by atoms with Gasteiger partial charge in [0.15, 0.2) is 0 Å². The number of hydrogen-bond acceptors (Lipinski definition) is 5. The van der Waals surface area contributed by atoms with Gasteiger partial charge in [0.25, 0.3) is 0 Å². The molecule has 3 N–H and O–H groups in total. The van der Waals surface area contributed by atoms with Gasteiger partial charge in [0.05, 0.1) is 22.6 Å². The van der Waals surface area contributed by atoms with Crippen molar-refractivity contribution in [3.8, 4) is 0 Å². The van der Waals surface area contributed by atoms with E-state index in [-0.39, 0.29) is 0 Å². The monoisotopic (exact) mass is 288 g/mol. The van der Waals surface area contributed by atoms with Crippen molar-refractivity contribution in [3.05, 3.63) is 40.1 Å². The third kappa shape index (κ3) is 2.28. The van der Waals surface area contributed by atoms with Gasteiger partial charge in [-0.05, 0) is 32.0 Å². The number of nitrogens with two attached hydrogens (primary N) is 1. The van der Waals surface area contributed by atoms with Crippen LogP contribution in [0.1, 0.15) is 28.7 Å². The molecular formula is C14H16N4OS. The highest BCUT2D eigenvalue weighted by Gasteiger charge is 2.15. The second kappa shape index (κ2) is 4.88. The fourth-order valence-corrected chi connectivity index (χ4v) is 3.07. The number of aromatic nitrogens is 3. The van der Waals surface area contributed by atoms with Crippen molar-refractivity contribution >= 4 is 28.1 Å². The summed E-state index contributed by atoms with van der Waals surface area (Å²) in [5, 5.41) is 11.0. The second-order valence-electron chi connectivity index (χ2n) is 4.83. The number of rotatable bonds is 3. The predicted molar refractivity (Wildman–Crippen MR) is 80.7 cm³/mol. The van der Waals surface area contributed by atoms with E-state index in [1.807, 2.05) is 35.9 Å². The molecule has 3 aromatic rings. The summed E-state index contributed by atoms with van der Waals surface area (Å²) >= 11 is 1.65. The van der Waals surface area contributed by atoms with E-state index in [1.165, 1.54) is 0 Å². The molecule has 20 heavy (non-hydrogen) atoms. The lowest BCUT2D eigenvalue weighted by Gasteiger charge is -2.09. The number of hydrogen-bond donors (Lipinski definition) is 2. The van der Waals surface area contributed by atoms with Gasteiger partial charge in [-0.15, -0.1) is 11.3 Å². The van der Waals surface area contributed by atoms with Gasteiger partial charge < -0.3 is 15.4 Å². The molecule has 0 saturated heterocycles. The third-order valence-corrected chi connectivity index (χ3v) is 4.06. The molecule has 0 amide bonds. The van der Waals surface area contributed by atoms with E-state index >= 15 is 0 Å². The fourth-order valence-electron chi connectivity index (χ4n) is 2.28. The van der Waals surface area contributed by atoms with Gasteiger partial charge in [-0.25, -0.2) is 9.97 Å². The number of fused-ring (bicyclic) bond motifs is 1. The molecule has 0 saturated carbocycles. The van der Waals surface area contributed by atoms with E-state index in [1.54, 1.807) is 18.3 Å². The average molecular weight is 288 g/mol. The normalized spacial score (nSPS) is 12.9. The van der Waals surface area contributed by atoms with Crippen molar-refractivity contribution < 1.29 is 5.11 Å². The third-order valence-electron chi connectivity index (χ3n) is 3.16. The van der Waals surface area contributed by atoms with Crippen LogP contribution in [-0.4, -0.2) is 19.6 Å². The Morgan fingerprint density at radius 2 is 2.25 bits per heavy atom. The van der Waals surface area contributed by atoms with Crippen LogP contribution < -0.4 is 5.73 Å². The maximum absolute atomic E-state index is 9.93. The number of thiazole rings is 1. The van der Waals surface area contributed by atoms with E-state index in [0.717, 1.165) is 20.9 Å². The molecule has 2 aromatic heterocycles. The summed E-state index contributed by atoms with van der Waals surface area (Å²) in [7, 11) is 0. The van der Waals surface area contributed by atoms with Crippen molar-refractivity contribution in [2.45, 2.75) is 26.5 Å². The van der Waals surface area contributed by atoms with Crippen molar-refractivity contribution in [3.63, 3.8) is 0 Å². The van der Waals surface area contributed by atoms with Crippen molar-refractivity contribution in [1.29, 1.82) is 0 Å². The largest absolute Gasteiger partial charge is 0.399 e. The molecule has 0 aliphatic carbocycles. The topological polar surface area (TPSA) is 77.0 Å². The molecular weight excluding hydrogens is 272 g/mol. The molecule has 0 fully saturated rings. The first-order valence-electron chi connectivity index (χ1n) is 6.39. The predicted octanol–water partition coefficient (Wildman–Crippen LogP) is 2.49. The van der Waals surface area contributed by atoms with Crippen LogP contribution in [-0.2, 0) is 6.54 Å². The Morgan fingerprint density at radius 1 is 1.45 bits per heavy atom. The van der Waals surface area contributed by atoms with Gasteiger partial charge >= 0.3 is 0 Å². The minimum atomic E-state index is -0.627. The van der Waals surface area contributed by atoms with Crippen molar-refractivity contribution in [2.75, 3.05) is 5.73 Å². The first-order chi connectivity index (χ1) is 9.54. The first kappa shape index (κ1) is 13.1. The Kier molecular flexibility index (Phi) is 3.19. The minimum absolute atomic E-state index is 0.627. The number of nitrogens with zero attached hydrogens (tertiary/aromatic N) is 3. The molecule has 0 aliphatic rings. The number of imidazole rings is 1. The Bertz CT molecular complexity index is 760. The highest BCUT2D eigenvalue weighted by Crippen LogP contribution is 2.25. The fraction of sp³-hybridized carbons (Fsp3) is 0.286. The maximum Gasteiger partial charge on any atom is 0.138 e. The van der Waals surface area contributed by atoms with Crippen LogP contribution in [0.5, 0.6) is 0 Å². The van der Waals surface area contributed by atoms with Crippen molar-refractivity contribution in [2.24, 2.45) is 0 Å². The van der Waals surface area contributed by atoms with Gasteiger partial charge in [-0.3, -0.25) is 0 Å². The summed E-state index contributed by atoms with van der Waals surface area (Å²) < 4.78 is 2.02. The maximum atomic E-state index is 9.93. The van der Waals surface area contributed by atoms with Gasteiger partial charge in [-0.1, -0.05) is 0 Å². The summed E-state index contributed by atoms with van der Waals surface area (Å²) in [6.45, 7) is 4.36. The Labute approximate surface area is 120 Å². The number of aliphatic hydroxyl groups is 1. The SMILES string of the molecule is Cc1ncc(Cn2c(C(C)O)nc3cc(N)ccc32)s1. The van der Waals surface area contributed by atoms with Gasteiger partial charge in [-0.2, -0.15) is 0 Å². The average Bonchev–Trinajstić information content (AvgIpc) is 2.94. The van der Waals surface area contributed by atoms with Crippen LogP contribution in [0, 0.1) is 6.92 Å². The van der Waals surface area contributed by atoms with E-state index in [2.05, 4.69) is 9.97 Å².